The predicted molar refractivity (Wildman–Crippen MR) is 114 cm³/mol. The molecule has 0 unspecified atom stereocenters. The fraction of sp³-hybridized carbons (Fsp3) is 0.217. The van der Waals surface area contributed by atoms with Crippen LogP contribution < -0.4 is 11.5 Å². The molecule has 2 heteroatoms. The molecule has 0 saturated heterocycles. The second kappa shape index (κ2) is 21.6. The first-order valence-electron chi connectivity index (χ1n) is 8.54. The zero-order valence-corrected chi connectivity index (χ0v) is 16.1. The molecule has 2 nitrogen and oxygen atoms in total. The minimum atomic E-state index is 1.14. The molecule has 0 fully saturated rings. The molecular weight excluding hydrogens is 304 g/mol. The Morgan fingerprint density at radius 2 is 0.800 bits per heavy atom. The van der Waals surface area contributed by atoms with Gasteiger partial charge in [0.05, 0.1) is 0 Å². The highest BCUT2D eigenvalue weighted by atomic mass is 14.4. The first-order chi connectivity index (χ1) is 12.3. The fourth-order valence-electron chi connectivity index (χ4n) is 1.63. The summed E-state index contributed by atoms with van der Waals surface area (Å²) in [5.41, 5.74) is 11.7. The van der Waals surface area contributed by atoms with Crippen molar-refractivity contribution >= 4 is 0 Å². The number of rotatable bonds is 1. The second-order valence-electron chi connectivity index (χ2n) is 4.65. The molecule has 0 radical (unpaired) electrons. The van der Waals surface area contributed by atoms with Gasteiger partial charge in [0.15, 0.2) is 0 Å². The van der Waals surface area contributed by atoms with Gasteiger partial charge in [-0.05, 0) is 33.0 Å². The van der Waals surface area contributed by atoms with Gasteiger partial charge >= 0.3 is 0 Å². The topological polar surface area (TPSA) is 52.0 Å². The van der Waals surface area contributed by atoms with Crippen molar-refractivity contribution in [3.05, 3.63) is 108 Å². The number of hydrogen-bond donors (Lipinski definition) is 2. The summed E-state index contributed by atoms with van der Waals surface area (Å²) in [4.78, 5) is 0. The lowest BCUT2D eigenvalue weighted by molar-refractivity contribution is 1.14. The third-order valence-electron chi connectivity index (χ3n) is 2.86. The predicted octanol–water partition coefficient (Wildman–Crippen LogP) is 5.08. The minimum Gasteiger partial charge on any atom is -0.333 e. The Kier molecular flexibility index (Phi) is 21.4. The van der Waals surface area contributed by atoms with Crippen LogP contribution in [0.2, 0.25) is 0 Å². The maximum absolute atomic E-state index is 4.50. The normalized spacial score (nSPS) is 7.76. The van der Waals surface area contributed by atoms with Gasteiger partial charge in [0.2, 0.25) is 0 Å². The van der Waals surface area contributed by atoms with E-state index < -0.39 is 0 Å². The largest absolute Gasteiger partial charge is 0.333 e. The molecule has 0 bridgehead atoms. The van der Waals surface area contributed by atoms with Crippen molar-refractivity contribution in [1.29, 1.82) is 0 Å². The Bertz CT molecular complexity index is 525. The summed E-state index contributed by atoms with van der Waals surface area (Å²) in [7, 11) is 3.00. The smallest absolute Gasteiger partial charge is 0.0195 e. The number of hydrogen-bond acceptors (Lipinski definition) is 2. The van der Waals surface area contributed by atoms with E-state index in [0.29, 0.717) is 0 Å². The summed E-state index contributed by atoms with van der Waals surface area (Å²) in [5.74, 6) is 0. The lowest BCUT2D eigenvalue weighted by Crippen LogP contribution is -1.73. The molecular formula is C23H34N2. The zero-order chi connectivity index (χ0) is 19.2. The molecule has 3 aromatic rings. The third kappa shape index (κ3) is 17.8. The van der Waals surface area contributed by atoms with Crippen molar-refractivity contribution in [2.24, 2.45) is 11.5 Å². The van der Waals surface area contributed by atoms with Gasteiger partial charge in [-0.2, -0.15) is 0 Å². The molecule has 0 heterocycles. The van der Waals surface area contributed by atoms with Crippen molar-refractivity contribution in [1.82, 2.24) is 0 Å². The maximum atomic E-state index is 4.50. The lowest BCUT2D eigenvalue weighted by atomic mass is 10.2. The Balaban J connectivity index is 0. The molecule has 136 valence electrons. The number of nitrogens with two attached hydrogens (primary N) is 2. The Morgan fingerprint density at radius 3 is 1.00 bits per heavy atom. The van der Waals surface area contributed by atoms with E-state index in [0.717, 1.165) is 6.42 Å². The van der Waals surface area contributed by atoms with Gasteiger partial charge in [-0.25, -0.2) is 0 Å². The van der Waals surface area contributed by atoms with Gasteiger partial charge in [0.25, 0.3) is 0 Å². The van der Waals surface area contributed by atoms with E-state index in [1.165, 1.54) is 25.2 Å². The van der Waals surface area contributed by atoms with Crippen molar-refractivity contribution in [2.45, 2.75) is 20.3 Å². The van der Waals surface area contributed by atoms with Crippen LogP contribution in [0.5, 0.6) is 0 Å². The van der Waals surface area contributed by atoms with Crippen LogP contribution in [0.1, 0.15) is 18.1 Å². The summed E-state index contributed by atoms with van der Waals surface area (Å²) in [6.45, 7) is 4.25. The van der Waals surface area contributed by atoms with Crippen LogP contribution >= 0.6 is 0 Å². The molecule has 0 aliphatic carbocycles. The van der Waals surface area contributed by atoms with Gasteiger partial charge in [0.1, 0.15) is 0 Å². The van der Waals surface area contributed by atoms with E-state index in [2.05, 4.69) is 61.7 Å². The van der Waals surface area contributed by atoms with Gasteiger partial charge < -0.3 is 11.5 Å². The van der Waals surface area contributed by atoms with Crippen molar-refractivity contribution in [3.8, 4) is 0 Å². The fourth-order valence-corrected chi connectivity index (χ4v) is 1.63. The monoisotopic (exact) mass is 338 g/mol. The quantitative estimate of drug-likeness (QED) is 0.650. The van der Waals surface area contributed by atoms with Crippen molar-refractivity contribution in [2.75, 3.05) is 14.1 Å². The number of benzene rings is 3. The van der Waals surface area contributed by atoms with Crippen LogP contribution in [0.25, 0.3) is 0 Å². The van der Waals surface area contributed by atoms with Crippen LogP contribution in [0.3, 0.4) is 0 Å². The first-order valence-corrected chi connectivity index (χ1v) is 8.54. The van der Waals surface area contributed by atoms with E-state index in [9.17, 15) is 0 Å². The SMILES string of the molecule is CCc1ccccc1.CN.CN.Cc1ccccc1.c1ccccc1. The molecule has 0 aromatic heterocycles. The maximum Gasteiger partial charge on any atom is -0.0195 e. The van der Waals surface area contributed by atoms with E-state index >= 15 is 0 Å². The van der Waals surface area contributed by atoms with Gasteiger partial charge in [0, 0.05) is 0 Å². The Morgan fingerprint density at radius 1 is 0.520 bits per heavy atom. The van der Waals surface area contributed by atoms with Gasteiger partial charge in [-0.3, -0.25) is 0 Å². The molecule has 0 aliphatic heterocycles. The Labute approximate surface area is 154 Å². The van der Waals surface area contributed by atoms with E-state index in [1.54, 1.807) is 0 Å². The summed E-state index contributed by atoms with van der Waals surface area (Å²) in [6.07, 6.45) is 1.14. The molecule has 0 spiro atoms. The molecule has 0 amide bonds. The third-order valence-corrected chi connectivity index (χ3v) is 2.86. The molecule has 0 atom stereocenters. The standard InChI is InChI=1S/C8H10.C7H8.C6H6.2CH5N/c1-2-8-6-4-3-5-7-8;1-7-5-3-2-4-6-7;1-2-4-6-5-3-1;2*1-2/h3-7H,2H2,1H3;2-6H,1H3;1-6H;2*2H2,1H3. The molecule has 3 rings (SSSR count). The van der Waals surface area contributed by atoms with E-state index in [4.69, 9.17) is 0 Å². The summed E-state index contributed by atoms with van der Waals surface area (Å²) in [5, 5.41) is 0. The Hall–Kier alpha value is -2.42. The zero-order valence-electron chi connectivity index (χ0n) is 16.1. The van der Waals surface area contributed by atoms with Crippen molar-refractivity contribution < 1.29 is 0 Å². The number of aryl methyl sites for hydroxylation is 2. The highest BCUT2D eigenvalue weighted by Gasteiger charge is 1.80. The first kappa shape index (κ1) is 24.8. The summed E-state index contributed by atoms with van der Waals surface area (Å²) >= 11 is 0. The highest BCUT2D eigenvalue weighted by Crippen LogP contribution is 1.96. The molecule has 4 N–H and O–H groups in total. The van der Waals surface area contributed by atoms with E-state index in [1.807, 2.05) is 60.7 Å². The minimum absolute atomic E-state index is 1.14. The molecule has 25 heavy (non-hydrogen) atoms. The molecule has 0 aliphatic rings. The summed E-state index contributed by atoms with van der Waals surface area (Å²) in [6, 6.07) is 32.7. The van der Waals surface area contributed by atoms with Crippen molar-refractivity contribution in [3.63, 3.8) is 0 Å². The van der Waals surface area contributed by atoms with Crippen LogP contribution in [0, 0.1) is 6.92 Å². The molecule has 3 aromatic carbocycles. The van der Waals surface area contributed by atoms with Gasteiger partial charge in [-0.1, -0.05) is 110 Å². The highest BCUT2D eigenvalue weighted by molar-refractivity contribution is 5.14. The van der Waals surface area contributed by atoms with Crippen LogP contribution in [-0.2, 0) is 6.42 Å². The lowest BCUT2D eigenvalue weighted by Gasteiger charge is -1.89. The molecule has 0 saturated carbocycles. The average Bonchev–Trinajstić information content (AvgIpc) is 2.74. The van der Waals surface area contributed by atoms with Gasteiger partial charge in [-0.15, -0.1) is 0 Å². The average molecular weight is 339 g/mol. The van der Waals surface area contributed by atoms with Crippen LogP contribution in [0.15, 0.2) is 97.1 Å². The van der Waals surface area contributed by atoms with Crippen LogP contribution in [-0.4, -0.2) is 14.1 Å². The van der Waals surface area contributed by atoms with Crippen LogP contribution in [0.4, 0.5) is 0 Å². The second-order valence-corrected chi connectivity index (χ2v) is 4.65. The van der Waals surface area contributed by atoms with E-state index in [-0.39, 0.29) is 0 Å². The summed E-state index contributed by atoms with van der Waals surface area (Å²) < 4.78 is 0.